The van der Waals surface area contributed by atoms with E-state index in [1.54, 1.807) is 12.4 Å². The van der Waals surface area contributed by atoms with Crippen LogP contribution < -0.4 is 5.32 Å². The van der Waals surface area contributed by atoms with Gasteiger partial charge in [0.05, 0.1) is 0 Å². The van der Waals surface area contributed by atoms with Crippen molar-refractivity contribution < 1.29 is 13.6 Å². The number of hydrogen-bond acceptors (Lipinski definition) is 2. The fourth-order valence-corrected chi connectivity index (χ4v) is 1.67. The van der Waals surface area contributed by atoms with Gasteiger partial charge in [-0.1, -0.05) is 0 Å². The zero-order valence-corrected chi connectivity index (χ0v) is 10.4. The van der Waals surface area contributed by atoms with E-state index < -0.39 is 17.5 Å². The number of halogens is 2. The van der Waals surface area contributed by atoms with Crippen LogP contribution in [0.15, 0.2) is 30.6 Å². The summed E-state index contributed by atoms with van der Waals surface area (Å²) >= 11 is 0. The van der Waals surface area contributed by atoms with Gasteiger partial charge in [-0.05, 0) is 25.1 Å². The van der Waals surface area contributed by atoms with Gasteiger partial charge in [-0.15, -0.1) is 0 Å². The summed E-state index contributed by atoms with van der Waals surface area (Å²) in [7, 11) is 0. The Labute approximate surface area is 109 Å². The number of carbonyl (C=O) groups excluding carboxylic acids is 1. The molecule has 0 unspecified atom stereocenters. The molecule has 100 valence electrons. The second-order valence-corrected chi connectivity index (χ2v) is 4.05. The smallest absolute Gasteiger partial charge is 0.251 e. The van der Waals surface area contributed by atoms with Crippen molar-refractivity contribution in [2.75, 3.05) is 6.54 Å². The molecule has 19 heavy (non-hydrogen) atoms. The topological polar surface area (TPSA) is 46.9 Å². The summed E-state index contributed by atoms with van der Waals surface area (Å²) in [6.45, 7) is 2.81. The van der Waals surface area contributed by atoms with E-state index in [0.29, 0.717) is 13.1 Å². The fourth-order valence-electron chi connectivity index (χ4n) is 1.67. The molecule has 0 saturated carbocycles. The first kappa shape index (κ1) is 13.2. The number of aryl methyl sites for hydroxylation is 1. The predicted molar refractivity (Wildman–Crippen MR) is 65.7 cm³/mol. The number of nitrogens with zero attached hydrogens (tertiary/aromatic N) is 2. The molecular weight excluding hydrogens is 252 g/mol. The van der Waals surface area contributed by atoms with E-state index in [1.807, 2.05) is 11.5 Å². The van der Waals surface area contributed by atoms with Crippen molar-refractivity contribution >= 4 is 5.91 Å². The second kappa shape index (κ2) is 5.60. The Balaban J connectivity index is 1.91. The number of benzene rings is 1. The number of amides is 1. The minimum absolute atomic E-state index is 0.0984. The maximum Gasteiger partial charge on any atom is 0.251 e. The average molecular weight is 265 g/mol. The van der Waals surface area contributed by atoms with E-state index in [1.165, 1.54) is 6.07 Å². The largest absolute Gasteiger partial charge is 0.350 e. The first-order valence-electron chi connectivity index (χ1n) is 5.79. The van der Waals surface area contributed by atoms with Crippen LogP contribution in [0, 0.1) is 18.6 Å². The molecule has 0 radical (unpaired) electrons. The van der Waals surface area contributed by atoms with Gasteiger partial charge in [0.2, 0.25) is 0 Å². The van der Waals surface area contributed by atoms with Crippen molar-refractivity contribution in [3.8, 4) is 0 Å². The molecule has 0 spiro atoms. The van der Waals surface area contributed by atoms with E-state index in [0.717, 1.165) is 18.0 Å². The molecule has 1 aromatic heterocycles. The molecule has 0 aliphatic rings. The first-order chi connectivity index (χ1) is 9.08. The van der Waals surface area contributed by atoms with Gasteiger partial charge in [0.15, 0.2) is 11.6 Å². The van der Waals surface area contributed by atoms with Gasteiger partial charge < -0.3 is 9.88 Å². The molecule has 1 heterocycles. The molecule has 2 aromatic rings. The van der Waals surface area contributed by atoms with Gasteiger partial charge in [0.1, 0.15) is 5.82 Å². The van der Waals surface area contributed by atoms with Crippen LogP contribution in [0.3, 0.4) is 0 Å². The van der Waals surface area contributed by atoms with E-state index in [4.69, 9.17) is 0 Å². The van der Waals surface area contributed by atoms with Crippen LogP contribution in [-0.4, -0.2) is 22.0 Å². The Morgan fingerprint density at radius 3 is 2.79 bits per heavy atom. The minimum Gasteiger partial charge on any atom is -0.350 e. The Morgan fingerprint density at radius 2 is 2.16 bits per heavy atom. The number of aromatic nitrogens is 2. The number of nitrogens with one attached hydrogen (secondary N) is 1. The minimum atomic E-state index is -1.03. The van der Waals surface area contributed by atoms with Crippen molar-refractivity contribution in [2.24, 2.45) is 0 Å². The highest BCUT2D eigenvalue weighted by Crippen LogP contribution is 2.08. The molecule has 0 aliphatic heterocycles. The second-order valence-electron chi connectivity index (χ2n) is 4.05. The summed E-state index contributed by atoms with van der Waals surface area (Å²) in [5, 5.41) is 2.63. The van der Waals surface area contributed by atoms with E-state index in [9.17, 15) is 13.6 Å². The SMILES string of the molecule is Cc1nccn1CCNC(=O)c1ccc(F)c(F)c1. The normalized spacial score (nSPS) is 10.5. The van der Waals surface area contributed by atoms with Gasteiger partial charge in [0.25, 0.3) is 5.91 Å². The van der Waals surface area contributed by atoms with Crippen LogP contribution in [0.1, 0.15) is 16.2 Å². The summed E-state index contributed by atoms with van der Waals surface area (Å²) in [6.07, 6.45) is 3.48. The van der Waals surface area contributed by atoms with Crippen LogP contribution >= 0.6 is 0 Å². The van der Waals surface area contributed by atoms with E-state index in [2.05, 4.69) is 10.3 Å². The molecule has 0 saturated heterocycles. The monoisotopic (exact) mass is 265 g/mol. The Morgan fingerprint density at radius 1 is 1.37 bits per heavy atom. The lowest BCUT2D eigenvalue weighted by Crippen LogP contribution is -2.27. The predicted octanol–water partition coefficient (Wildman–Crippen LogP) is 1.90. The number of hydrogen-bond donors (Lipinski definition) is 1. The van der Waals surface area contributed by atoms with Crippen LogP contribution in [0.5, 0.6) is 0 Å². The Kier molecular flexibility index (Phi) is 3.89. The van der Waals surface area contributed by atoms with Crippen molar-refractivity contribution in [1.29, 1.82) is 0 Å². The average Bonchev–Trinajstić information content (AvgIpc) is 2.78. The summed E-state index contributed by atoms with van der Waals surface area (Å²) in [4.78, 5) is 15.7. The molecule has 1 N–H and O–H groups in total. The van der Waals surface area contributed by atoms with E-state index >= 15 is 0 Å². The number of carbonyl (C=O) groups is 1. The molecule has 0 bridgehead atoms. The summed E-state index contributed by atoms with van der Waals surface area (Å²) in [5.74, 6) is -1.58. The van der Waals surface area contributed by atoms with Crippen LogP contribution in [0.2, 0.25) is 0 Å². The maximum absolute atomic E-state index is 13.0. The zero-order valence-electron chi connectivity index (χ0n) is 10.4. The van der Waals surface area contributed by atoms with Crippen LogP contribution in [-0.2, 0) is 6.54 Å². The van der Waals surface area contributed by atoms with Crippen molar-refractivity contribution in [2.45, 2.75) is 13.5 Å². The van der Waals surface area contributed by atoms with Crippen LogP contribution in [0.4, 0.5) is 8.78 Å². The highest BCUT2D eigenvalue weighted by molar-refractivity contribution is 5.94. The molecular formula is C13H13F2N3O. The van der Waals surface area contributed by atoms with E-state index in [-0.39, 0.29) is 5.56 Å². The quantitative estimate of drug-likeness (QED) is 0.917. The molecule has 0 atom stereocenters. The van der Waals surface area contributed by atoms with Gasteiger partial charge in [-0.25, -0.2) is 13.8 Å². The number of rotatable bonds is 4. The standard InChI is InChI=1S/C13H13F2N3O/c1-9-16-4-6-18(9)7-5-17-13(19)10-2-3-11(14)12(15)8-10/h2-4,6,8H,5,7H2,1H3,(H,17,19). The van der Waals surface area contributed by atoms with Gasteiger partial charge >= 0.3 is 0 Å². The number of imidazole rings is 1. The van der Waals surface area contributed by atoms with Gasteiger partial charge in [-0.3, -0.25) is 4.79 Å². The van der Waals surface area contributed by atoms with Crippen molar-refractivity contribution in [3.63, 3.8) is 0 Å². The zero-order chi connectivity index (χ0) is 13.8. The summed E-state index contributed by atoms with van der Waals surface area (Å²) in [5.41, 5.74) is 0.0984. The lowest BCUT2D eigenvalue weighted by molar-refractivity contribution is 0.0951. The molecule has 6 heteroatoms. The highest BCUT2D eigenvalue weighted by Gasteiger charge is 2.09. The van der Waals surface area contributed by atoms with Crippen molar-refractivity contribution in [1.82, 2.24) is 14.9 Å². The Bertz CT molecular complexity index is 595. The Hall–Kier alpha value is -2.24. The lowest BCUT2D eigenvalue weighted by atomic mass is 10.2. The third-order valence-electron chi connectivity index (χ3n) is 2.74. The molecule has 0 fully saturated rings. The molecule has 1 amide bonds. The molecule has 2 rings (SSSR count). The first-order valence-corrected chi connectivity index (χ1v) is 5.79. The van der Waals surface area contributed by atoms with Gasteiger partial charge in [-0.2, -0.15) is 0 Å². The fraction of sp³-hybridized carbons (Fsp3) is 0.231. The summed E-state index contributed by atoms with van der Waals surface area (Å²) in [6, 6.07) is 3.06. The lowest BCUT2D eigenvalue weighted by Gasteiger charge is -2.07. The highest BCUT2D eigenvalue weighted by atomic mass is 19.2. The molecule has 1 aromatic carbocycles. The van der Waals surface area contributed by atoms with Crippen LogP contribution in [0.25, 0.3) is 0 Å². The van der Waals surface area contributed by atoms with Crippen molar-refractivity contribution in [3.05, 3.63) is 53.6 Å². The summed E-state index contributed by atoms with van der Waals surface area (Å²) < 4.78 is 27.6. The molecule has 4 nitrogen and oxygen atoms in total. The maximum atomic E-state index is 13.0. The third kappa shape index (κ3) is 3.15. The van der Waals surface area contributed by atoms with Gasteiger partial charge in [0, 0.05) is 31.0 Å². The molecule has 0 aliphatic carbocycles. The third-order valence-corrected chi connectivity index (χ3v) is 2.74.